The Kier molecular flexibility index (Phi) is 8.69. The SMILES string of the molecule is CCOC(=O)c1c(-c2ccc(-c3ccccc3)cc2)csc1NC(=O)CCN1CCN(CC)CC1. The van der Waals surface area contributed by atoms with Crippen LogP contribution in [0, 0.1) is 0 Å². The van der Waals surface area contributed by atoms with Crippen molar-refractivity contribution in [3.05, 3.63) is 65.5 Å². The van der Waals surface area contributed by atoms with Gasteiger partial charge in [-0.05, 0) is 30.2 Å². The smallest absolute Gasteiger partial charge is 0.341 e. The van der Waals surface area contributed by atoms with Crippen molar-refractivity contribution in [2.45, 2.75) is 20.3 Å². The summed E-state index contributed by atoms with van der Waals surface area (Å²) in [5.41, 5.74) is 4.36. The molecule has 6 nitrogen and oxygen atoms in total. The summed E-state index contributed by atoms with van der Waals surface area (Å²) >= 11 is 1.37. The Morgan fingerprint density at radius 1 is 0.886 bits per heavy atom. The van der Waals surface area contributed by atoms with Gasteiger partial charge in [0.05, 0.1) is 6.61 Å². The molecule has 1 aliphatic heterocycles. The predicted molar refractivity (Wildman–Crippen MR) is 143 cm³/mol. The topological polar surface area (TPSA) is 61.9 Å². The summed E-state index contributed by atoms with van der Waals surface area (Å²) in [6, 6.07) is 18.3. The van der Waals surface area contributed by atoms with Crippen molar-refractivity contribution < 1.29 is 14.3 Å². The van der Waals surface area contributed by atoms with Gasteiger partial charge in [-0.2, -0.15) is 0 Å². The van der Waals surface area contributed by atoms with Crippen molar-refractivity contribution in [2.75, 3.05) is 51.2 Å². The zero-order valence-electron chi connectivity index (χ0n) is 20.5. The number of nitrogens with zero attached hydrogens (tertiary/aromatic N) is 2. The molecule has 1 N–H and O–H groups in total. The van der Waals surface area contributed by atoms with Crippen LogP contribution in [0.15, 0.2) is 60.0 Å². The van der Waals surface area contributed by atoms with Gasteiger partial charge in [0.2, 0.25) is 5.91 Å². The van der Waals surface area contributed by atoms with Crippen molar-refractivity contribution in [2.24, 2.45) is 0 Å². The molecule has 0 aliphatic carbocycles. The molecule has 2 aromatic carbocycles. The molecule has 1 aromatic heterocycles. The zero-order valence-corrected chi connectivity index (χ0v) is 21.3. The first-order chi connectivity index (χ1) is 17.1. The van der Waals surface area contributed by atoms with Gasteiger partial charge in [-0.15, -0.1) is 11.3 Å². The summed E-state index contributed by atoms with van der Waals surface area (Å²) in [6.07, 6.45) is 0.396. The number of likely N-dealkylation sites (N-methyl/N-ethyl adjacent to an activating group) is 1. The fourth-order valence-corrected chi connectivity index (χ4v) is 5.29. The number of nitrogens with one attached hydrogen (secondary N) is 1. The summed E-state index contributed by atoms with van der Waals surface area (Å²) in [7, 11) is 0. The first-order valence-electron chi connectivity index (χ1n) is 12.3. The Labute approximate surface area is 211 Å². The van der Waals surface area contributed by atoms with Crippen molar-refractivity contribution in [3.8, 4) is 22.3 Å². The Hall–Kier alpha value is -3.00. The Bertz CT molecular complexity index is 1120. The third-order valence-corrected chi connectivity index (χ3v) is 7.29. The maximum Gasteiger partial charge on any atom is 0.341 e. The number of ether oxygens (including phenoxy) is 1. The second-order valence-corrected chi connectivity index (χ2v) is 9.47. The highest BCUT2D eigenvalue weighted by Gasteiger charge is 2.23. The van der Waals surface area contributed by atoms with E-state index >= 15 is 0 Å². The highest BCUT2D eigenvalue weighted by Crippen LogP contribution is 2.37. The molecule has 2 heterocycles. The number of thiophene rings is 1. The van der Waals surface area contributed by atoms with E-state index < -0.39 is 5.97 Å². The standard InChI is InChI=1S/C28H33N3O3S/c1-3-30-16-18-31(19-17-30)15-14-25(32)29-27-26(28(33)34-4-2)24(20-35-27)23-12-10-22(11-13-23)21-8-6-5-7-9-21/h5-13,20H,3-4,14-19H2,1-2H3,(H,29,32). The van der Waals surface area contributed by atoms with Gasteiger partial charge in [0.15, 0.2) is 0 Å². The minimum Gasteiger partial charge on any atom is -0.462 e. The summed E-state index contributed by atoms with van der Waals surface area (Å²) in [5.74, 6) is -0.497. The molecule has 0 bridgehead atoms. The Morgan fingerprint density at radius 3 is 2.17 bits per heavy atom. The zero-order chi connectivity index (χ0) is 24.6. The van der Waals surface area contributed by atoms with Crippen molar-refractivity contribution in [1.29, 1.82) is 0 Å². The molecular weight excluding hydrogens is 458 g/mol. The molecule has 0 atom stereocenters. The van der Waals surface area contributed by atoms with Crippen LogP contribution in [0.4, 0.5) is 5.00 Å². The summed E-state index contributed by atoms with van der Waals surface area (Å²) in [6.45, 7) is 10.1. The minimum atomic E-state index is -0.415. The van der Waals surface area contributed by atoms with Crippen LogP contribution in [0.5, 0.6) is 0 Å². The van der Waals surface area contributed by atoms with Crippen LogP contribution in [0.2, 0.25) is 0 Å². The monoisotopic (exact) mass is 491 g/mol. The van der Waals surface area contributed by atoms with Crippen LogP contribution in [0.1, 0.15) is 30.6 Å². The van der Waals surface area contributed by atoms with Crippen LogP contribution in [-0.4, -0.2) is 67.6 Å². The van der Waals surface area contributed by atoms with E-state index in [2.05, 4.69) is 34.2 Å². The van der Waals surface area contributed by atoms with Gasteiger partial charge in [0.1, 0.15) is 10.6 Å². The quantitative estimate of drug-likeness (QED) is 0.416. The molecule has 184 valence electrons. The van der Waals surface area contributed by atoms with Crippen molar-refractivity contribution in [1.82, 2.24) is 9.80 Å². The number of benzene rings is 2. The number of carbonyl (C=O) groups is 2. The summed E-state index contributed by atoms with van der Waals surface area (Å²) < 4.78 is 5.34. The van der Waals surface area contributed by atoms with E-state index in [0.29, 0.717) is 17.0 Å². The highest BCUT2D eigenvalue weighted by molar-refractivity contribution is 7.15. The second-order valence-electron chi connectivity index (χ2n) is 8.59. The molecule has 35 heavy (non-hydrogen) atoms. The van der Waals surface area contributed by atoms with E-state index in [4.69, 9.17) is 4.74 Å². The third kappa shape index (κ3) is 6.36. The van der Waals surface area contributed by atoms with E-state index in [-0.39, 0.29) is 12.5 Å². The number of amides is 1. The number of esters is 1. The minimum absolute atomic E-state index is 0.0821. The number of hydrogen-bond donors (Lipinski definition) is 1. The van der Waals surface area contributed by atoms with Crippen LogP contribution < -0.4 is 5.32 Å². The Morgan fingerprint density at radius 2 is 1.51 bits per heavy atom. The normalized spacial score (nSPS) is 14.6. The molecule has 0 saturated carbocycles. The average Bonchev–Trinajstić information content (AvgIpc) is 3.32. The molecule has 4 rings (SSSR count). The fraction of sp³-hybridized carbons (Fsp3) is 0.357. The molecule has 1 fully saturated rings. The van der Waals surface area contributed by atoms with Gasteiger partial charge < -0.3 is 19.9 Å². The molecule has 1 aliphatic rings. The number of anilines is 1. The van der Waals surface area contributed by atoms with E-state index in [1.807, 2.05) is 47.8 Å². The lowest BCUT2D eigenvalue weighted by atomic mass is 9.99. The molecule has 0 radical (unpaired) electrons. The van der Waals surface area contributed by atoms with Gasteiger partial charge in [-0.25, -0.2) is 4.79 Å². The highest BCUT2D eigenvalue weighted by atomic mass is 32.1. The lowest BCUT2D eigenvalue weighted by Gasteiger charge is -2.33. The van der Waals surface area contributed by atoms with Gasteiger partial charge >= 0.3 is 5.97 Å². The average molecular weight is 492 g/mol. The largest absolute Gasteiger partial charge is 0.462 e. The van der Waals surface area contributed by atoms with Crippen LogP contribution in [0.25, 0.3) is 22.3 Å². The molecule has 3 aromatic rings. The second kappa shape index (κ2) is 12.1. The number of rotatable bonds is 9. The van der Waals surface area contributed by atoms with Crippen LogP contribution >= 0.6 is 11.3 Å². The van der Waals surface area contributed by atoms with Gasteiger partial charge in [-0.3, -0.25) is 4.79 Å². The van der Waals surface area contributed by atoms with E-state index in [1.165, 1.54) is 11.3 Å². The van der Waals surface area contributed by atoms with Gasteiger partial charge in [0.25, 0.3) is 0 Å². The first-order valence-corrected chi connectivity index (χ1v) is 13.2. The Balaban J connectivity index is 1.47. The molecular formula is C28H33N3O3S. The van der Waals surface area contributed by atoms with E-state index in [0.717, 1.165) is 61.5 Å². The fourth-order valence-electron chi connectivity index (χ4n) is 4.32. The third-order valence-electron chi connectivity index (χ3n) is 6.39. The molecule has 0 spiro atoms. The molecule has 1 amide bonds. The summed E-state index contributed by atoms with van der Waals surface area (Å²) in [5, 5.41) is 5.45. The lowest BCUT2D eigenvalue weighted by molar-refractivity contribution is -0.116. The van der Waals surface area contributed by atoms with Crippen molar-refractivity contribution >= 4 is 28.2 Å². The van der Waals surface area contributed by atoms with E-state index in [9.17, 15) is 9.59 Å². The molecule has 0 unspecified atom stereocenters. The van der Waals surface area contributed by atoms with Crippen molar-refractivity contribution in [3.63, 3.8) is 0 Å². The number of hydrogen-bond acceptors (Lipinski definition) is 6. The lowest BCUT2D eigenvalue weighted by Crippen LogP contribution is -2.46. The first kappa shape index (κ1) is 25.1. The number of piperazine rings is 1. The maximum atomic E-state index is 12.9. The molecule has 7 heteroatoms. The van der Waals surface area contributed by atoms with E-state index in [1.54, 1.807) is 6.92 Å². The van der Waals surface area contributed by atoms with Crippen LogP contribution in [-0.2, 0) is 9.53 Å². The maximum absolute atomic E-state index is 12.9. The van der Waals surface area contributed by atoms with Crippen LogP contribution in [0.3, 0.4) is 0 Å². The van der Waals surface area contributed by atoms with Gasteiger partial charge in [-0.1, -0.05) is 61.5 Å². The molecule has 1 saturated heterocycles. The summed E-state index contributed by atoms with van der Waals surface area (Å²) in [4.78, 5) is 30.4. The number of carbonyl (C=O) groups excluding carboxylic acids is 2. The van der Waals surface area contributed by atoms with Gasteiger partial charge in [0, 0.05) is 50.1 Å². The predicted octanol–water partition coefficient (Wildman–Crippen LogP) is 5.22.